The lowest BCUT2D eigenvalue weighted by atomic mass is 10.0. The maximum Gasteiger partial charge on any atom is 0.329 e. The van der Waals surface area contributed by atoms with Gasteiger partial charge in [0, 0.05) is 24.0 Å². The van der Waals surface area contributed by atoms with Gasteiger partial charge in [-0.3, -0.25) is 4.79 Å². The van der Waals surface area contributed by atoms with Crippen molar-refractivity contribution in [2.24, 2.45) is 0 Å². The van der Waals surface area contributed by atoms with Crippen LogP contribution in [0, 0.1) is 0 Å². The van der Waals surface area contributed by atoms with Gasteiger partial charge in [-0.25, -0.2) is 9.59 Å². The number of carboxylic acid groups (broad SMARTS) is 1. The standard InChI is InChI=1S/C24H43N3O10S/c28-21(4-2-1-3-20-23-19(18-38-20)26-24(31)27-23)25-5-6-32-7-8-33-9-10-34-11-12-35-13-14-36-15-16-37-17-22(29)30/h19-20,23H,1-18H2,(H,25,28)(H,29,30)(H2,26,27,31). The van der Waals surface area contributed by atoms with Crippen molar-refractivity contribution in [3.05, 3.63) is 0 Å². The Morgan fingerprint density at radius 3 is 1.95 bits per heavy atom. The van der Waals surface area contributed by atoms with Gasteiger partial charge in [-0.15, -0.1) is 0 Å². The van der Waals surface area contributed by atoms with Gasteiger partial charge in [0.2, 0.25) is 5.91 Å². The Morgan fingerprint density at radius 1 is 0.816 bits per heavy atom. The summed E-state index contributed by atoms with van der Waals surface area (Å²) in [6.45, 7) is 4.73. The van der Waals surface area contributed by atoms with Gasteiger partial charge in [-0.2, -0.15) is 11.8 Å². The fourth-order valence-electron chi connectivity index (χ4n) is 3.88. The minimum Gasteiger partial charge on any atom is -0.480 e. The summed E-state index contributed by atoms with van der Waals surface area (Å²) >= 11 is 1.90. The molecule has 14 heteroatoms. The molecule has 38 heavy (non-hydrogen) atoms. The van der Waals surface area contributed by atoms with Crippen LogP contribution in [0.3, 0.4) is 0 Å². The predicted molar refractivity (Wildman–Crippen MR) is 140 cm³/mol. The summed E-state index contributed by atoms with van der Waals surface area (Å²) < 4.78 is 31.7. The number of urea groups is 1. The van der Waals surface area contributed by atoms with Crippen LogP contribution in [-0.2, 0) is 38.0 Å². The molecule has 2 rings (SSSR count). The maximum absolute atomic E-state index is 12.0. The minimum absolute atomic E-state index is 0.0360. The monoisotopic (exact) mass is 565 g/mol. The molecule has 0 aromatic rings. The van der Waals surface area contributed by atoms with Crippen molar-refractivity contribution >= 4 is 29.7 Å². The molecule has 2 fully saturated rings. The van der Waals surface area contributed by atoms with Gasteiger partial charge in [0.05, 0.1) is 84.8 Å². The van der Waals surface area contributed by atoms with Gasteiger partial charge in [0.15, 0.2) is 0 Å². The molecule has 2 heterocycles. The van der Waals surface area contributed by atoms with E-state index in [0.717, 1.165) is 25.0 Å². The van der Waals surface area contributed by atoms with Gasteiger partial charge >= 0.3 is 12.0 Å². The van der Waals surface area contributed by atoms with Crippen molar-refractivity contribution in [2.75, 3.05) is 91.6 Å². The SMILES string of the molecule is O=C(O)COCCOCCOCCOCCOCCOCCNC(=O)CCCCC1SCC2NC(=O)NC21. The molecule has 2 saturated heterocycles. The fraction of sp³-hybridized carbons (Fsp3) is 0.875. The van der Waals surface area contributed by atoms with Gasteiger partial charge in [-0.05, 0) is 12.8 Å². The molecule has 0 aromatic heterocycles. The highest BCUT2D eigenvalue weighted by molar-refractivity contribution is 8.00. The van der Waals surface area contributed by atoms with Crippen molar-refractivity contribution in [3.63, 3.8) is 0 Å². The Balaban J connectivity index is 1.23. The second-order valence-corrected chi connectivity index (χ2v) is 10.00. The predicted octanol–water partition coefficient (Wildman–Crippen LogP) is 0.0126. The number of thioether (sulfide) groups is 1. The van der Waals surface area contributed by atoms with E-state index in [2.05, 4.69) is 16.0 Å². The molecule has 0 spiro atoms. The van der Waals surface area contributed by atoms with Crippen LogP contribution >= 0.6 is 11.8 Å². The first-order valence-electron chi connectivity index (χ1n) is 13.2. The van der Waals surface area contributed by atoms with E-state index in [-0.39, 0.29) is 37.2 Å². The third-order valence-electron chi connectivity index (χ3n) is 5.73. The van der Waals surface area contributed by atoms with Crippen LogP contribution in [0.4, 0.5) is 4.79 Å². The number of hydrogen-bond acceptors (Lipinski definition) is 10. The molecule has 3 amide bonds. The van der Waals surface area contributed by atoms with Crippen LogP contribution in [0.15, 0.2) is 0 Å². The quantitative estimate of drug-likeness (QED) is 0.0871. The first-order chi connectivity index (χ1) is 18.6. The van der Waals surface area contributed by atoms with E-state index in [9.17, 15) is 14.4 Å². The van der Waals surface area contributed by atoms with Crippen molar-refractivity contribution < 1.29 is 47.9 Å². The number of aliphatic carboxylic acids is 1. The third-order valence-corrected chi connectivity index (χ3v) is 7.24. The Labute approximate surface area is 228 Å². The molecule has 0 saturated carbocycles. The van der Waals surface area contributed by atoms with Crippen LogP contribution in [0.2, 0.25) is 0 Å². The number of nitrogens with one attached hydrogen (secondary N) is 3. The van der Waals surface area contributed by atoms with E-state index in [1.54, 1.807) is 0 Å². The number of fused-ring (bicyclic) bond motifs is 1. The zero-order valence-electron chi connectivity index (χ0n) is 22.0. The second-order valence-electron chi connectivity index (χ2n) is 8.73. The smallest absolute Gasteiger partial charge is 0.329 e. The number of ether oxygens (including phenoxy) is 6. The molecule has 0 aliphatic carbocycles. The molecular weight excluding hydrogens is 522 g/mol. The molecule has 2 aliphatic rings. The van der Waals surface area contributed by atoms with Gasteiger partial charge in [-0.1, -0.05) is 6.42 Å². The van der Waals surface area contributed by atoms with E-state index < -0.39 is 5.97 Å². The normalized spacial score (nSPS) is 20.2. The average Bonchev–Trinajstić information content (AvgIpc) is 3.44. The maximum atomic E-state index is 12.0. The summed E-state index contributed by atoms with van der Waals surface area (Å²) in [4.78, 5) is 33.6. The lowest BCUT2D eigenvalue weighted by Crippen LogP contribution is -2.36. The number of carbonyl (C=O) groups excluding carboxylic acids is 2. The molecule has 13 nitrogen and oxygen atoms in total. The summed E-state index contributed by atoms with van der Waals surface area (Å²) in [6, 6.07) is 0.403. The summed E-state index contributed by atoms with van der Waals surface area (Å²) in [7, 11) is 0. The van der Waals surface area contributed by atoms with Crippen LogP contribution < -0.4 is 16.0 Å². The van der Waals surface area contributed by atoms with Crippen molar-refractivity contribution in [3.8, 4) is 0 Å². The molecule has 3 unspecified atom stereocenters. The molecule has 4 N–H and O–H groups in total. The molecule has 0 radical (unpaired) electrons. The number of amides is 3. The first kappa shape index (κ1) is 32.5. The molecule has 220 valence electrons. The van der Waals surface area contributed by atoms with Crippen LogP contribution in [0.5, 0.6) is 0 Å². The van der Waals surface area contributed by atoms with E-state index in [1.807, 2.05) is 11.8 Å². The second kappa shape index (κ2) is 21.2. The number of carboxylic acids is 1. The molecule has 0 aromatic carbocycles. The van der Waals surface area contributed by atoms with Gasteiger partial charge in [0.1, 0.15) is 6.61 Å². The Kier molecular flexibility index (Phi) is 18.1. The zero-order chi connectivity index (χ0) is 27.3. The van der Waals surface area contributed by atoms with Crippen LogP contribution in [0.25, 0.3) is 0 Å². The summed E-state index contributed by atoms with van der Waals surface area (Å²) in [6.07, 6.45) is 3.32. The number of unbranched alkanes of at least 4 members (excludes halogenated alkanes) is 1. The van der Waals surface area contributed by atoms with Crippen molar-refractivity contribution in [1.82, 2.24) is 16.0 Å². The highest BCUT2D eigenvalue weighted by Crippen LogP contribution is 2.33. The van der Waals surface area contributed by atoms with E-state index >= 15 is 0 Å². The summed E-state index contributed by atoms with van der Waals surface area (Å²) in [5, 5.41) is 17.6. The molecule has 0 bridgehead atoms. The fourth-order valence-corrected chi connectivity index (χ4v) is 5.43. The topological polar surface area (TPSA) is 163 Å². The van der Waals surface area contributed by atoms with Gasteiger partial charge in [0.25, 0.3) is 0 Å². The highest BCUT2D eigenvalue weighted by atomic mass is 32.2. The van der Waals surface area contributed by atoms with Crippen molar-refractivity contribution in [1.29, 1.82) is 0 Å². The van der Waals surface area contributed by atoms with Crippen LogP contribution in [0.1, 0.15) is 25.7 Å². The summed E-state index contributed by atoms with van der Waals surface area (Å²) in [5.41, 5.74) is 0. The Hall–Kier alpha value is -1.68. The molecule has 3 atom stereocenters. The number of carbonyl (C=O) groups is 3. The largest absolute Gasteiger partial charge is 0.480 e. The molecule has 2 aliphatic heterocycles. The van der Waals surface area contributed by atoms with E-state index in [1.165, 1.54) is 0 Å². The summed E-state index contributed by atoms with van der Waals surface area (Å²) in [5.74, 6) is -0.00564. The number of hydrogen-bond donors (Lipinski definition) is 4. The van der Waals surface area contributed by atoms with E-state index in [0.29, 0.717) is 84.3 Å². The lowest BCUT2D eigenvalue weighted by molar-refractivity contribution is -0.142. The van der Waals surface area contributed by atoms with Crippen LogP contribution in [-0.4, -0.2) is 132 Å². The lowest BCUT2D eigenvalue weighted by Gasteiger charge is -2.16. The van der Waals surface area contributed by atoms with Crippen molar-refractivity contribution in [2.45, 2.75) is 43.0 Å². The first-order valence-corrected chi connectivity index (χ1v) is 14.2. The molecular formula is C24H43N3O10S. The Bertz CT molecular complexity index is 675. The van der Waals surface area contributed by atoms with E-state index in [4.69, 9.17) is 33.5 Å². The zero-order valence-corrected chi connectivity index (χ0v) is 22.8. The Morgan fingerprint density at radius 2 is 1.37 bits per heavy atom. The highest BCUT2D eigenvalue weighted by Gasteiger charge is 2.42. The third kappa shape index (κ3) is 15.7. The average molecular weight is 566 g/mol. The van der Waals surface area contributed by atoms with Gasteiger partial charge < -0.3 is 49.5 Å². The number of rotatable bonds is 25. The minimum atomic E-state index is -0.999.